The van der Waals surface area contributed by atoms with Gasteiger partial charge in [-0.05, 0) is 47.9 Å². The summed E-state index contributed by atoms with van der Waals surface area (Å²) in [6, 6.07) is 6.28. The molecule has 3 rings (SSSR count). The third-order valence-corrected chi connectivity index (χ3v) is 5.10. The van der Waals surface area contributed by atoms with Gasteiger partial charge in [0, 0.05) is 36.4 Å². The van der Waals surface area contributed by atoms with Crippen molar-refractivity contribution in [3.05, 3.63) is 103 Å². The first kappa shape index (κ1) is 24.1. The quantitative estimate of drug-likeness (QED) is 0.367. The van der Waals surface area contributed by atoms with E-state index in [0.717, 1.165) is 30.3 Å². The van der Waals surface area contributed by atoms with Gasteiger partial charge in [0.25, 0.3) is 0 Å². The van der Waals surface area contributed by atoms with Gasteiger partial charge in [-0.1, -0.05) is 18.7 Å². The fourth-order valence-corrected chi connectivity index (χ4v) is 3.42. The van der Waals surface area contributed by atoms with Crippen molar-refractivity contribution in [1.82, 2.24) is 4.90 Å². The van der Waals surface area contributed by atoms with Gasteiger partial charge in [-0.2, -0.15) is 8.78 Å². The largest absolute Gasteiger partial charge is 0.334 e. The Balaban J connectivity index is 2.08. The summed E-state index contributed by atoms with van der Waals surface area (Å²) in [4.78, 5) is 47.1. The van der Waals surface area contributed by atoms with E-state index in [1.165, 1.54) is 29.2 Å². The minimum atomic E-state index is -1.04. The summed E-state index contributed by atoms with van der Waals surface area (Å²) in [5, 5.41) is 22.1. The van der Waals surface area contributed by atoms with Crippen LogP contribution in [0.2, 0.25) is 0 Å². The lowest BCUT2D eigenvalue weighted by Gasteiger charge is -2.18. The maximum absolute atomic E-state index is 13.7. The summed E-state index contributed by atoms with van der Waals surface area (Å²) in [6.45, 7) is 3.40. The minimum absolute atomic E-state index is 0.0801. The van der Waals surface area contributed by atoms with Crippen molar-refractivity contribution in [2.24, 2.45) is 0 Å². The average Bonchev–Trinajstić information content (AvgIpc) is 2.94. The van der Waals surface area contributed by atoms with E-state index in [9.17, 15) is 38.6 Å². The maximum atomic E-state index is 13.7. The minimum Gasteiger partial charge on any atom is -0.334 e. The van der Waals surface area contributed by atoms with Crippen molar-refractivity contribution in [1.29, 1.82) is 0 Å². The predicted octanol–water partition coefficient (Wildman–Crippen LogP) is 4.24. The number of benzene rings is 2. The van der Waals surface area contributed by atoms with Crippen molar-refractivity contribution in [3.63, 3.8) is 0 Å². The molecule has 0 saturated carbocycles. The number of hydrogen-bond acceptors (Lipinski definition) is 6. The van der Waals surface area contributed by atoms with Crippen LogP contribution in [0, 0.1) is 31.9 Å². The van der Waals surface area contributed by atoms with E-state index in [4.69, 9.17) is 0 Å². The third kappa shape index (κ3) is 5.26. The molecule has 1 heterocycles. The van der Waals surface area contributed by atoms with Crippen LogP contribution in [-0.2, 0) is 9.59 Å². The Morgan fingerprint density at radius 3 is 1.91 bits per heavy atom. The molecule has 11 heteroatoms. The molecule has 2 aromatic carbocycles. The molecule has 0 aromatic heterocycles. The van der Waals surface area contributed by atoms with Crippen molar-refractivity contribution in [2.45, 2.75) is 6.42 Å². The van der Waals surface area contributed by atoms with Crippen LogP contribution >= 0.6 is 0 Å². The molecule has 1 fully saturated rings. The molecule has 1 amide bonds. The summed E-state index contributed by atoms with van der Waals surface area (Å²) in [5.74, 6) is -3.04. The van der Waals surface area contributed by atoms with Gasteiger partial charge in [0.05, 0.1) is 9.85 Å². The number of nitrogens with zero attached hydrogens (tertiary/aromatic N) is 3. The molecule has 2 aromatic rings. The van der Waals surface area contributed by atoms with Crippen LogP contribution in [0.5, 0.6) is 0 Å². The van der Waals surface area contributed by atoms with E-state index >= 15 is 0 Å². The molecule has 34 heavy (non-hydrogen) atoms. The molecule has 0 N–H and O–H groups in total. The molecule has 1 saturated heterocycles. The molecule has 0 radical (unpaired) electrons. The Morgan fingerprint density at radius 2 is 1.44 bits per heavy atom. The second kappa shape index (κ2) is 9.94. The van der Waals surface area contributed by atoms with Crippen molar-refractivity contribution in [3.8, 4) is 0 Å². The predicted molar refractivity (Wildman–Crippen MR) is 118 cm³/mol. The second-order valence-corrected chi connectivity index (χ2v) is 7.32. The molecular formula is C23H17F2N3O6. The number of amides is 1. The SMILES string of the molecule is C=CC(=O)N1CC/C(=C/c2ccc(F)c([N+](=O)[O-])c2)C(=O)/C(=C/c2ccc(F)c([N+](=O)[O-])c2)C1. The van der Waals surface area contributed by atoms with E-state index in [1.54, 1.807) is 0 Å². The first-order chi connectivity index (χ1) is 16.1. The van der Waals surface area contributed by atoms with Crippen LogP contribution in [0.3, 0.4) is 0 Å². The molecule has 0 unspecified atom stereocenters. The second-order valence-electron chi connectivity index (χ2n) is 7.32. The van der Waals surface area contributed by atoms with E-state index in [1.807, 2.05) is 0 Å². The van der Waals surface area contributed by atoms with Crippen LogP contribution < -0.4 is 0 Å². The highest BCUT2D eigenvalue weighted by molar-refractivity contribution is 6.14. The zero-order valence-electron chi connectivity index (χ0n) is 17.6. The van der Waals surface area contributed by atoms with Gasteiger partial charge in [-0.3, -0.25) is 29.8 Å². The molecule has 0 aliphatic carbocycles. The van der Waals surface area contributed by atoms with E-state index in [0.29, 0.717) is 0 Å². The molecule has 0 spiro atoms. The molecule has 0 bridgehead atoms. The average molecular weight is 469 g/mol. The highest BCUT2D eigenvalue weighted by Gasteiger charge is 2.26. The van der Waals surface area contributed by atoms with Gasteiger partial charge >= 0.3 is 11.4 Å². The summed E-state index contributed by atoms with van der Waals surface area (Å²) in [5.41, 5.74) is -0.894. The monoisotopic (exact) mass is 469 g/mol. The third-order valence-electron chi connectivity index (χ3n) is 5.10. The first-order valence-corrected chi connectivity index (χ1v) is 9.85. The number of halogens is 2. The zero-order valence-corrected chi connectivity index (χ0v) is 17.6. The van der Waals surface area contributed by atoms with Crippen molar-refractivity contribution >= 4 is 35.2 Å². The lowest BCUT2D eigenvalue weighted by atomic mass is 9.98. The molecule has 1 aliphatic heterocycles. The Kier molecular flexibility index (Phi) is 7.05. The Bertz CT molecular complexity index is 1290. The van der Waals surface area contributed by atoms with Gasteiger partial charge in [0.15, 0.2) is 5.78 Å². The number of rotatable bonds is 5. The first-order valence-electron chi connectivity index (χ1n) is 9.85. The lowest BCUT2D eigenvalue weighted by Crippen LogP contribution is -2.31. The standard InChI is InChI=1S/C23H17F2N3O6/c1-2-22(29)26-8-7-16(9-14-3-5-18(24)20(11-14)27(31)32)23(30)17(13-26)10-15-4-6-19(25)21(12-15)28(33)34/h2-6,9-12H,1,7-8,13H2/b16-9-,17-10+. The Morgan fingerprint density at radius 1 is 0.941 bits per heavy atom. The Labute approximate surface area is 191 Å². The van der Waals surface area contributed by atoms with Gasteiger partial charge in [-0.25, -0.2) is 0 Å². The van der Waals surface area contributed by atoms with Gasteiger partial charge < -0.3 is 4.90 Å². The summed E-state index contributed by atoms with van der Waals surface area (Å²) >= 11 is 0. The van der Waals surface area contributed by atoms with Gasteiger partial charge in [-0.15, -0.1) is 0 Å². The van der Waals surface area contributed by atoms with Crippen LogP contribution in [0.15, 0.2) is 60.2 Å². The van der Waals surface area contributed by atoms with Crippen LogP contribution in [0.4, 0.5) is 20.2 Å². The fourth-order valence-electron chi connectivity index (χ4n) is 3.42. The van der Waals surface area contributed by atoms with Crippen LogP contribution in [0.25, 0.3) is 12.2 Å². The summed E-state index contributed by atoms with van der Waals surface area (Å²) < 4.78 is 27.4. The van der Waals surface area contributed by atoms with Crippen LogP contribution in [-0.4, -0.2) is 39.5 Å². The number of ketones is 1. The van der Waals surface area contributed by atoms with Crippen molar-refractivity contribution < 1.29 is 28.2 Å². The maximum Gasteiger partial charge on any atom is 0.305 e. The fraction of sp³-hybridized carbons (Fsp3) is 0.130. The zero-order chi connectivity index (χ0) is 25.0. The highest BCUT2D eigenvalue weighted by Crippen LogP contribution is 2.26. The van der Waals surface area contributed by atoms with E-state index in [2.05, 4.69) is 6.58 Å². The van der Waals surface area contributed by atoms with Crippen LogP contribution in [0.1, 0.15) is 17.5 Å². The number of hydrogen-bond donors (Lipinski definition) is 0. The molecular weight excluding hydrogens is 452 g/mol. The van der Waals surface area contributed by atoms with Gasteiger partial charge in [0.1, 0.15) is 0 Å². The number of nitro benzene ring substituents is 2. The van der Waals surface area contributed by atoms with Gasteiger partial charge in [0.2, 0.25) is 17.5 Å². The normalized spacial score (nSPS) is 16.4. The molecule has 9 nitrogen and oxygen atoms in total. The smallest absolute Gasteiger partial charge is 0.305 e. The Hall–Kier alpha value is -4.54. The van der Waals surface area contributed by atoms with Crippen molar-refractivity contribution in [2.75, 3.05) is 13.1 Å². The number of nitro groups is 2. The number of Topliss-reactive ketones (excluding diaryl/α,β-unsaturated/α-hetero) is 1. The molecule has 0 atom stereocenters. The summed E-state index contributed by atoms with van der Waals surface area (Å²) in [6.07, 6.45) is 3.83. The molecule has 1 aliphatic rings. The number of carbonyl (C=O) groups is 2. The summed E-state index contributed by atoms with van der Waals surface area (Å²) in [7, 11) is 0. The van der Waals surface area contributed by atoms with E-state index < -0.39 is 44.5 Å². The number of carbonyl (C=O) groups excluding carboxylic acids is 2. The van der Waals surface area contributed by atoms with E-state index in [-0.39, 0.29) is 41.8 Å². The molecule has 174 valence electrons. The topological polar surface area (TPSA) is 124 Å². The highest BCUT2D eigenvalue weighted by atomic mass is 19.1. The number of likely N-dealkylation sites (tertiary alicyclic amines) is 1. The lowest BCUT2D eigenvalue weighted by molar-refractivity contribution is -0.387.